The summed E-state index contributed by atoms with van der Waals surface area (Å²) in [5.74, 6) is 1.52. The second kappa shape index (κ2) is 11.1. The van der Waals surface area contributed by atoms with Crippen molar-refractivity contribution >= 4 is 28.6 Å². The molecule has 0 bridgehead atoms. The van der Waals surface area contributed by atoms with Gasteiger partial charge in [0.2, 0.25) is 0 Å². The molecule has 2 aromatic rings. The van der Waals surface area contributed by atoms with Crippen LogP contribution in [0.1, 0.15) is 41.6 Å². The summed E-state index contributed by atoms with van der Waals surface area (Å²) in [7, 11) is 6.52. The van der Waals surface area contributed by atoms with E-state index >= 15 is 0 Å². The van der Waals surface area contributed by atoms with Crippen LogP contribution >= 0.6 is 22.7 Å². The van der Waals surface area contributed by atoms with E-state index in [4.69, 9.17) is 4.99 Å². The second-order valence-electron chi connectivity index (χ2n) is 7.94. The van der Waals surface area contributed by atoms with Crippen LogP contribution in [0.2, 0.25) is 0 Å². The topological polar surface area (TPSA) is 42.9 Å². The van der Waals surface area contributed by atoms with E-state index in [1.807, 2.05) is 11.3 Å². The molecule has 0 saturated carbocycles. The van der Waals surface area contributed by atoms with Gasteiger partial charge in [0.05, 0.1) is 12.6 Å². The number of nitrogens with one attached hydrogen (secondary N) is 2. The molecular weight excluding hydrogens is 398 g/mol. The molecule has 1 fully saturated rings. The fourth-order valence-corrected chi connectivity index (χ4v) is 6.02. The summed E-state index contributed by atoms with van der Waals surface area (Å²) in [5, 5.41) is 11.4. The van der Waals surface area contributed by atoms with Crippen molar-refractivity contribution in [3.63, 3.8) is 0 Å². The van der Waals surface area contributed by atoms with Gasteiger partial charge in [-0.05, 0) is 76.3 Å². The molecule has 5 nitrogen and oxygen atoms in total. The highest BCUT2D eigenvalue weighted by Gasteiger charge is 2.31. The van der Waals surface area contributed by atoms with Gasteiger partial charge in [-0.25, -0.2) is 0 Å². The quantitative estimate of drug-likeness (QED) is 0.487. The number of aliphatic imine (C=N–C) groups is 1. The third kappa shape index (κ3) is 6.04. The summed E-state index contributed by atoms with van der Waals surface area (Å²) < 4.78 is 0. The van der Waals surface area contributed by atoms with E-state index in [2.05, 4.69) is 83.5 Å². The summed E-state index contributed by atoms with van der Waals surface area (Å²) in [6.45, 7) is 5.88. The molecule has 1 aliphatic heterocycles. The van der Waals surface area contributed by atoms with Crippen LogP contribution in [-0.2, 0) is 0 Å². The minimum Gasteiger partial charge on any atom is -0.357 e. The van der Waals surface area contributed by atoms with E-state index in [1.54, 1.807) is 11.3 Å². The lowest BCUT2D eigenvalue weighted by Crippen LogP contribution is -2.45. The normalized spacial score (nSPS) is 22.0. The molecule has 2 aromatic heterocycles. The molecular formula is C22H35N5S2. The summed E-state index contributed by atoms with van der Waals surface area (Å²) in [6, 6.07) is 9.59. The van der Waals surface area contributed by atoms with Gasteiger partial charge in [0, 0.05) is 28.9 Å². The minimum atomic E-state index is 0.310. The van der Waals surface area contributed by atoms with Gasteiger partial charge in [0.15, 0.2) is 5.96 Å². The zero-order valence-electron chi connectivity index (χ0n) is 18.1. The Morgan fingerprint density at radius 3 is 2.69 bits per heavy atom. The predicted octanol–water partition coefficient (Wildman–Crippen LogP) is 4.05. The van der Waals surface area contributed by atoms with Crippen molar-refractivity contribution in [1.82, 2.24) is 20.4 Å². The largest absolute Gasteiger partial charge is 0.357 e. The number of thiophene rings is 2. The Kier molecular flexibility index (Phi) is 8.53. The molecule has 0 radical (unpaired) electrons. The van der Waals surface area contributed by atoms with Crippen molar-refractivity contribution in [2.24, 2.45) is 10.9 Å². The van der Waals surface area contributed by atoms with Gasteiger partial charge in [-0.15, -0.1) is 22.7 Å². The summed E-state index contributed by atoms with van der Waals surface area (Å²) in [6.07, 6.45) is 2.52. The maximum absolute atomic E-state index is 4.93. The van der Waals surface area contributed by atoms with Crippen molar-refractivity contribution in [2.45, 2.75) is 31.8 Å². The van der Waals surface area contributed by atoms with Crippen LogP contribution in [0.3, 0.4) is 0 Å². The van der Waals surface area contributed by atoms with Crippen molar-refractivity contribution in [2.75, 3.05) is 47.3 Å². The molecule has 0 aliphatic carbocycles. The van der Waals surface area contributed by atoms with Crippen LogP contribution in [0.25, 0.3) is 0 Å². The molecule has 0 amide bonds. The minimum absolute atomic E-state index is 0.310. The first-order valence-corrected chi connectivity index (χ1v) is 12.3. The first-order valence-electron chi connectivity index (χ1n) is 10.6. The first kappa shape index (κ1) is 22.3. The zero-order chi connectivity index (χ0) is 20.6. The maximum Gasteiger partial charge on any atom is 0.191 e. The Labute approximate surface area is 183 Å². The van der Waals surface area contributed by atoms with Crippen molar-refractivity contribution < 1.29 is 0 Å². The molecule has 2 N–H and O–H groups in total. The van der Waals surface area contributed by atoms with E-state index in [0.717, 1.165) is 25.6 Å². The number of guanidine groups is 1. The molecule has 3 atom stereocenters. The van der Waals surface area contributed by atoms with E-state index < -0.39 is 0 Å². The Balaban J connectivity index is 1.65. The standard InChI is InChI=1S/C22H35N5S2/c1-5-23-22(25-16-18(26(2)3)19-10-7-13-28-19)24-15-17-9-6-12-27(4)21(17)20-11-8-14-29-20/h7-8,10-11,13-14,17-18,21H,5-6,9,12,15-16H2,1-4H3,(H2,23,24,25). The summed E-state index contributed by atoms with van der Waals surface area (Å²) in [5.41, 5.74) is 0. The fourth-order valence-electron chi connectivity index (χ4n) is 4.12. The van der Waals surface area contributed by atoms with Crippen molar-refractivity contribution in [1.29, 1.82) is 0 Å². The zero-order valence-corrected chi connectivity index (χ0v) is 19.7. The Bertz CT molecular complexity index is 726. The number of likely N-dealkylation sites (tertiary alicyclic amines) is 1. The maximum atomic E-state index is 4.93. The molecule has 3 heterocycles. The van der Waals surface area contributed by atoms with E-state index in [1.165, 1.54) is 29.1 Å². The first-order chi connectivity index (χ1) is 14.1. The van der Waals surface area contributed by atoms with Gasteiger partial charge < -0.3 is 15.5 Å². The number of hydrogen-bond donors (Lipinski definition) is 2. The third-order valence-corrected chi connectivity index (χ3v) is 7.55. The van der Waals surface area contributed by atoms with E-state index in [9.17, 15) is 0 Å². The SMILES string of the molecule is CCNC(=NCC(c1cccs1)N(C)C)NCC1CCCN(C)C1c1cccs1. The molecule has 29 heavy (non-hydrogen) atoms. The number of piperidine rings is 1. The molecule has 1 aliphatic rings. The predicted molar refractivity (Wildman–Crippen MR) is 127 cm³/mol. The molecule has 3 unspecified atom stereocenters. The Hall–Kier alpha value is -1.41. The monoisotopic (exact) mass is 433 g/mol. The average Bonchev–Trinajstić information content (AvgIpc) is 3.40. The lowest BCUT2D eigenvalue weighted by atomic mass is 9.88. The Morgan fingerprint density at radius 2 is 2.03 bits per heavy atom. The van der Waals surface area contributed by atoms with Crippen molar-refractivity contribution in [3.8, 4) is 0 Å². The van der Waals surface area contributed by atoms with Crippen LogP contribution in [-0.4, -0.2) is 63.1 Å². The molecule has 1 saturated heterocycles. The van der Waals surface area contributed by atoms with Crippen LogP contribution in [0.4, 0.5) is 0 Å². The average molecular weight is 434 g/mol. The smallest absolute Gasteiger partial charge is 0.191 e. The van der Waals surface area contributed by atoms with Crippen LogP contribution < -0.4 is 10.6 Å². The van der Waals surface area contributed by atoms with Gasteiger partial charge in [-0.1, -0.05) is 12.1 Å². The molecule has 0 aromatic carbocycles. The number of hydrogen-bond acceptors (Lipinski definition) is 5. The molecule has 7 heteroatoms. The highest BCUT2D eigenvalue weighted by molar-refractivity contribution is 7.10. The van der Waals surface area contributed by atoms with Gasteiger partial charge in [0.1, 0.15) is 0 Å². The summed E-state index contributed by atoms with van der Waals surface area (Å²) >= 11 is 3.68. The molecule has 0 spiro atoms. The highest BCUT2D eigenvalue weighted by Crippen LogP contribution is 2.36. The lowest BCUT2D eigenvalue weighted by molar-refractivity contribution is 0.125. The third-order valence-electron chi connectivity index (χ3n) is 5.64. The van der Waals surface area contributed by atoms with Gasteiger partial charge in [0.25, 0.3) is 0 Å². The second-order valence-corrected chi connectivity index (χ2v) is 9.90. The fraction of sp³-hybridized carbons (Fsp3) is 0.591. The summed E-state index contributed by atoms with van der Waals surface area (Å²) in [4.78, 5) is 12.5. The Morgan fingerprint density at radius 1 is 1.24 bits per heavy atom. The van der Waals surface area contributed by atoms with Gasteiger partial charge >= 0.3 is 0 Å². The molecule has 3 rings (SSSR count). The van der Waals surface area contributed by atoms with E-state index in [0.29, 0.717) is 18.0 Å². The van der Waals surface area contributed by atoms with Crippen LogP contribution in [0.5, 0.6) is 0 Å². The lowest BCUT2D eigenvalue weighted by Gasteiger charge is -2.39. The molecule has 160 valence electrons. The number of rotatable bonds is 8. The van der Waals surface area contributed by atoms with E-state index in [-0.39, 0.29) is 0 Å². The number of nitrogens with zero attached hydrogens (tertiary/aromatic N) is 3. The van der Waals surface area contributed by atoms with Gasteiger partial charge in [-0.2, -0.15) is 0 Å². The van der Waals surface area contributed by atoms with Crippen LogP contribution in [0, 0.1) is 5.92 Å². The number of likely N-dealkylation sites (N-methyl/N-ethyl adjacent to an activating group) is 1. The van der Waals surface area contributed by atoms with Crippen LogP contribution in [0.15, 0.2) is 40.0 Å². The highest BCUT2D eigenvalue weighted by atomic mass is 32.1. The van der Waals surface area contributed by atoms with Crippen molar-refractivity contribution in [3.05, 3.63) is 44.8 Å². The van der Waals surface area contributed by atoms with Gasteiger partial charge in [-0.3, -0.25) is 9.89 Å².